The van der Waals surface area contributed by atoms with E-state index in [0.29, 0.717) is 50.1 Å². The van der Waals surface area contributed by atoms with Gasteiger partial charge in [0.15, 0.2) is 12.6 Å². The molecule has 444 valence electrons. The lowest BCUT2D eigenvalue weighted by atomic mass is 9.85. The zero-order valence-electron chi connectivity index (χ0n) is 50.6. The molecule has 0 bridgehead atoms. The number of carbonyl (C=O) groups is 2. The Morgan fingerprint density at radius 2 is 1.21 bits per heavy atom. The van der Waals surface area contributed by atoms with Crippen molar-refractivity contribution in [2.24, 2.45) is 17.8 Å². The number of hydrogen-bond acceptors (Lipinski definition) is 12. The van der Waals surface area contributed by atoms with Crippen LogP contribution in [0.5, 0.6) is 11.5 Å². The fourth-order valence-electron chi connectivity index (χ4n) is 11.1. The minimum absolute atomic E-state index is 0.00178. The van der Waals surface area contributed by atoms with E-state index in [-0.39, 0.29) is 78.2 Å². The van der Waals surface area contributed by atoms with E-state index in [0.717, 1.165) is 60.3 Å². The summed E-state index contributed by atoms with van der Waals surface area (Å²) in [7, 11) is 2.83. The molecule has 2 aliphatic carbocycles. The third-order valence-corrected chi connectivity index (χ3v) is 15.0. The Hall–Kier alpha value is -5.20. The standard InChI is InChI=1S/C33H45NO6.C27H37NO6.C6H9Br/c1-9-11-14-23(5)33(34-7,40-24(6)37-10-2)20-19-26-28(38-22(3)4)21-29-31(26)27-17-12-15-25(32(27)39-29)16-13-18-30(35)36-8;1-7-31-18(4)33-24(28-5)15-14-20-22(32-17(2)3)16-23-26(20)21-12-8-10-19(27(21)34-23)11-9-13-25(29)30-6;1-3-4-5-6(2)7/h12,15,17,19-20,22-24,26,28-29,31H,10,13-14,16,18,21H2,1-6,8H3;8,10,12,14-15,17-18,20,22-24,26H,7,9,11,13,16H2,1-4,6H3;6H,5H2,1-2H3/b20-19+;15-14+;/t23-,24?,26+,28-,29+,31+,33?;18?,20-,22+,23-,24?,26-;6-/m100/s1. The van der Waals surface area contributed by atoms with Crippen molar-refractivity contribution in [3.8, 4) is 35.2 Å². The molecule has 0 N–H and O–H groups in total. The smallest absolute Gasteiger partial charge is 0.362 e. The summed E-state index contributed by atoms with van der Waals surface area (Å²) in [4.78, 5) is 31.3. The van der Waals surface area contributed by atoms with Gasteiger partial charge in [-0.05, 0) is 106 Å². The quantitative estimate of drug-likeness (QED) is 0.0210. The molecule has 2 heterocycles. The molecule has 2 aromatic rings. The van der Waals surface area contributed by atoms with Crippen LogP contribution < -0.4 is 9.47 Å². The van der Waals surface area contributed by atoms with Crippen molar-refractivity contribution >= 4 is 27.9 Å². The van der Waals surface area contributed by atoms with Crippen molar-refractivity contribution < 1.29 is 57.0 Å². The molecule has 14 atom stereocenters. The summed E-state index contributed by atoms with van der Waals surface area (Å²) >= 11 is 3.37. The molecule has 2 fully saturated rings. The maximum atomic E-state index is 11.6. The molecule has 2 saturated carbocycles. The van der Waals surface area contributed by atoms with Crippen molar-refractivity contribution in [2.75, 3.05) is 27.4 Å². The van der Waals surface area contributed by atoms with Gasteiger partial charge in [0.2, 0.25) is 0 Å². The Morgan fingerprint density at radius 1 is 0.728 bits per heavy atom. The highest BCUT2D eigenvalue weighted by molar-refractivity contribution is 9.09. The number of benzene rings is 2. The van der Waals surface area contributed by atoms with E-state index in [2.05, 4.69) is 105 Å². The third kappa shape index (κ3) is 20.3. The SMILES string of the molecule is CC#CC[C@H](C)Br.[C-]#[N+]C(/C=C/[C@@H]1[C@H]2c3cccc(CCCC(=O)OC)c3O[C@H]2C[C@H]1OC(C)C)(OC(C)OCC)[C@H](C)CC#CC.[C-]#[N+]C(/C=C/[C@@H]1[C@H]2c3cccc(CCCC(=O)OC)c3O[C@H]2C[C@H]1OC(C)C)OC(C)OCC. The monoisotopic (exact) mass is 1180 g/mol. The molecule has 2 aliphatic heterocycles. The first-order valence-electron chi connectivity index (χ1n) is 29.0. The van der Waals surface area contributed by atoms with Crippen LogP contribution in [0.1, 0.15) is 169 Å². The molecule has 14 nitrogen and oxygen atoms in total. The number of nitrogens with zero attached hydrogens (tertiary/aromatic N) is 2. The second-order valence-electron chi connectivity index (χ2n) is 21.3. The zero-order valence-corrected chi connectivity index (χ0v) is 52.2. The first-order valence-corrected chi connectivity index (χ1v) is 29.9. The van der Waals surface area contributed by atoms with Crippen LogP contribution in [-0.4, -0.2) is 105 Å². The molecule has 0 spiro atoms. The van der Waals surface area contributed by atoms with Gasteiger partial charge in [-0.2, -0.15) is 0 Å². The first-order chi connectivity index (χ1) is 38.8. The van der Waals surface area contributed by atoms with Gasteiger partial charge in [-0.25, -0.2) is 13.1 Å². The average molecular weight is 1180 g/mol. The predicted octanol–water partition coefficient (Wildman–Crippen LogP) is 13.7. The van der Waals surface area contributed by atoms with Crippen LogP contribution in [0.2, 0.25) is 0 Å². The van der Waals surface area contributed by atoms with Gasteiger partial charge in [0.25, 0.3) is 0 Å². The number of para-hydroxylation sites is 2. The van der Waals surface area contributed by atoms with Crippen molar-refractivity contribution in [1.82, 2.24) is 0 Å². The van der Waals surface area contributed by atoms with Gasteiger partial charge >= 0.3 is 23.9 Å². The van der Waals surface area contributed by atoms with Crippen molar-refractivity contribution in [2.45, 2.75) is 225 Å². The number of hydrogen-bond donors (Lipinski definition) is 0. The maximum absolute atomic E-state index is 11.6. The lowest BCUT2D eigenvalue weighted by Crippen LogP contribution is -2.38. The van der Waals surface area contributed by atoms with Crippen LogP contribution in [0.4, 0.5) is 0 Å². The summed E-state index contributed by atoms with van der Waals surface area (Å²) in [5.74, 6) is 13.4. The molecular formula is C66H91BrN2O12. The summed E-state index contributed by atoms with van der Waals surface area (Å²) in [5.41, 5.74) is 3.33. The number of alkyl halides is 1. The van der Waals surface area contributed by atoms with Gasteiger partial charge < -0.3 is 37.9 Å². The number of aryl methyl sites for hydroxylation is 2. The number of methoxy groups -OCH3 is 2. The van der Waals surface area contributed by atoms with Crippen molar-refractivity contribution in [3.63, 3.8) is 0 Å². The van der Waals surface area contributed by atoms with Crippen LogP contribution >= 0.6 is 15.9 Å². The van der Waals surface area contributed by atoms with Crippen LogP contribution in [-0.2, 0) is 60.3 Å². The normalized spacial score (nSPS) is 23.5. The number of carbonyl (C=O) groups excluding carboxylic acids is 2. The number of halogens is 1. The third-order valence-electron chi connectivity index (χ3n) is 14.6. The number of ether oxygens (including phenoxy) is 10. The minimum Gasteiger partial charge on any atom is -0.489 e. The largest absolute Gasteiger partial charge is 0.489 e. The molecule has 81 heavy (non-hydrogen) atoms. The van der Waals surface area contributed by atoms with E-state index >= 15 is 0 Å². The molecule has 6 rings (SSSR count). The zero-order chi connectivity index (χ0) is 59.6. The Balaban J connectivity index is 0.000000314. The molecule has 0 amide bonds. The second kappa shape index (κ2) is 35.1. The van der Waals surface area contributed by atoms with Gasteiger partial charge in [0.1, 0.15) is 23.7 Å². The number of esters is 2. The molecule has 15 heteroatoms. The van der Waals surface area contributed by atoms with E-state index in [1.807, 2.05) is 74.5 Å². The van der Waals surface area contributed by atoms with Crippen LogP contribution in [0, 0.1) is 54.6 Å². The van der Waals surface area contributed by atoms with Gasteiger partial charge in [-0.15, -0.1) is 23.7 Å². The van der Waals surface area contributed by atoms with Crippen molar-refractivity contribution in [1.29, 1.82) is 0 Å². The molecule has 4 unspecified atom stereocenters. The first kappa shape index (κ1) is 68.3. The average Bonchev–Trinajstić information content (AvgIpc) is 4.33. The summed E-state index contributed by atoms with van der Waals surface area (Å²) in [6.07, 6.45) is 13.0. The highest BCUT2D eigenvalue weighted by atomic mass is 79.9. The van der Waals surface area contributed by atoms with E-state index < -0.39 is 24.5 Å². The second-order valence-corrected chi connectivity index (χ2v) is 22.9. The highest BCUT2D eigenvalue weighted by Crippen LogP contribution is 2.55. The summed E-state index contributed by atoms with van der Waals surface area (Å²) in [6.45, 7) is 40.1. The van der Waals surface area contributed by atoms with Gasteiger partial charge in [-0.3, -0.25) is 28.8 Å². The Bertz CT molecular complexity index is 2560. The summed E-state index contributed by atoms with van der Waals surface area (Å²) in [6, 6.07) is 12.5. The van der Waals surface area contributed by atoms with Crippen LogP contribution in [0.15, 0.2) is 60.7 Å². The summed E-state index contributed by atoms with van der Waals surface area (Å²) in [5, 5.41) is 0. The van der Waals surface area contributed by atoms with Gasteiger partial charge in [0.05, 0.1) is 44.6 Å². The highest BCUT2D eigenvalue weighted by Gasteiger charge is 2.53. The lowest BCUT2D eigenvalue weighted by molar-refractivity contribution is -0.182. The lowest BCUT2D eigenvalue weighted by Gasteiger charge is -2.29. The molecule has 0 aromatic heterocycles. The number of fused-ring (bicyclic) bond motifs is 6. The molecule has 0 saturated heterocycles. The van der Waals surface area contributed by atoms with Gasteiger partial charge in [-0.1, -0.05) is 78.3 Å². The van der Waals surface area contributed by atoms with Crippen LogP contribution in [0.25, 0.3) is 9.69 Å². The minimum atomic E-state index is -1.23. The van der Waals surface area contributed by atoms with Crippen LogP contribution in [0.3, 0.4) is 0 Å². The fourth-order valence-corrected chi connectivity index (χ4v) is 11.2. The Kier molecular flexibility index (Phi) is 29.6. The summed E-state index contributed by atoms with van der Waals surface area (Å²) < 4.78 is 58.4. The molecular weight excluding hydrogens is 1090 g/mol. The fraction of sp³-hybridized carbons (Fsp3) is 0.636. The Morgan fingerprint density at radius 3 is 1.63 bits per heavy atom. The van der Waals surface area contributed by atoms with Gasteiger partial charge in [0, 0.05) is 104 Å². The molecule has 2 aromatic carbocycles. The topological polar surface area (TPSA) is 135 Å². The Labute approximate surface area is 493 Å². The molecule has 0 radical (unpaired) electrons. The van der Waals surface area contributed by atoms with E-state index in [4.69, 9.17) is 60.5 Å². The van der Waals surface area contributed by atoms with Crippen molar-refractivity contribution in [3.05, 3.63) is 106 Å². The van der Waals surface area contributed by atoms with E-state index in [1.54, 1.807) is 13.8 Å². The number of rotatable bonds is 27. The predicted molar refractivity (Wildman–Crippen MR) is 319 cm³/mol. The van der Waals surface area contributed by atoms with E-state index in [9.17, 15) is 9.59 Å². The molecule has 4 aliphatic rings. The van der Waals surface area contributed by atoms with E-state index in [1.165, 1.54) is 19.8 Å². The maximum Gasteiger partial charge on any atom is 0.362 e.